The van der Waals surface area contributed by atoms with Crippen LogP contribution in [-0.2, 0) is 11.0 Å². The number of alkyl halides is 3. The van der Waals surface area contributed by atoms with Crippen LogP contribution in [0.1, 0.15) is 15.9 Å². The van der Waals surface area contributed by atoms with Gasteiger partial charge in [-0.05, 0) is 60.7 Å². The number of hydrogen-bond donors (Lipinski definition) is 2. The average Bonchev–Trinajstić information content (AvgIpc) is 2.74. The van der Waals surface area contributed by atoms with Crippen molar-refractivity contribution in [2.24, 2.45) is 0 Å². The summed E-state index contributed by atoms with van der Waals surface area (Å²) in [6.45, 7) is 0. The molecule has 0 saturated carbocycles. The standard InChI is InChI=1S/C22H15Cl2F3N2O2S/c23-14-3-1-2-13(10-14)21(31)28-16-5-7-17(8-6-16)32-12-20(30)29-19-9-4-15(24)11-18(19)22(25,26)27/h1-11H,12H2,(H,28,31)(H,29,30). The summed E-state index contributed by atoms with van der Waals surface area (Å²) in [7, 11) is 0. The minimum absolute atomic E-state index is 0.0766. The maximum Gasteiger partial charge on any atom is 0.418 e. The van der Waals surface area contributed by atoms with Crippen molar-refractivity contribution in [1.29, 1.82) is 0 Å². The molecule has 166 valence electrons. The van der Waals surface area contributed by atoms with Crippen LogP contribution in [-0.4, -0.2) is 17.6 Å². The summed E-state index contributed by atoms with van der Waals surface area (Å²) < 4.78 is 39.4. The molecule has 0 heterocycles. The first-order valence-corrected chi connectivity index (χ1v) is 10.8. The first-order chi connectivity index (χ1) is 15.1. The number of rotatable bonds is 6. The fourth-order valence-electron chi connectivity index (χ4n) is 2.66. The van der Waals surface area contributed by atoms with Crippen molar-refractivity contribution in [3.63, 3.8) is 0 Å². The minimum atomic E-state index is -4.65. The van der Waals surface area contributed by atoms with Gasteiger partial charge in [-0.3, -0.25) is 9.59 Å². The third kappa shape index (κ3) is 6.66. The van der Waals surface area contributed by atoms with Gasteiger partial charge in [-0.25, -0.2) is 0 Å². The Morgan fingerprint density at radius 3 is 2.22 bits per heavy atom. The lowest BCUT2D eigenvalue weighted by molar-refractivity contribution is -0.137. The smallest absolute Gasteiger partial charge is 0.325 e. The second-order valence-corrected chi connectivity index (χ2v) is 8.43. The van der Waals surface area contributed by atoms with Gasteiger partial charge in [0, 0.05) is 26.2 Å². The van der Waals surface area contributed by atoms with E-state index < -0.39 is 17.6 Å². The van der Waals surface area contributed by atoms with Crippen LogP contribution in [0, 0.1) is 0 Å². The predicted octanol–water partition coefficient (Wildman–Crippen LogP) is 7.00. The number of nitrogens with one attached hydrogen (secondary N) is 2. The molecule has 0 fully saturated rings. The van der Waals surface area contributed by atoms with Gasteiger partial charge in [0.05, 0.1) is 17.0 Å². The Morgan fingerprint density at radius 2 is 1.56 bits per heavy atom. The van der Waals surface area contributed by atoms with Gasteiger partial charge < -0.3 is 10.6 Å². The van der Waals surface area contributed by atoms with E-state index in [2.05, 4.69) is 10.6 Å². The summed E-state index contributed by atoms with van der Waals surface area (Å²) in [6, 6.07) is 16.4. The van der Waals surface area contributed by atoms with Crippen LogP contribution in [0.3, 0.4) is 0 Å². The van der Waals surface area contributed by atoms with E-state index in [0.29, 0.717) is 21.2 Å². The molecule has 0 bridgehead atoms. The largest absolute Gasteiger partial charge is 0.418 e. The summed E-state index contributed by atoms with van der Waals surface area (Å²) in [6.07, 6.45) is -4.65. The summed E-state index contributed by atoms with van der Waals surface area (Å²) in [5.74, 6) is -1.02. The van der Waals surface area contributed by atoms with E-state index >= 15 is 0 Å². The second kappa shape index (κ2) is 10.3. The Morgan fingerprint density at radius 1 is 0.875 bits per heavy atom. The van der Waals surface area contributed by atoms with Crippen molar-refractivity contribution in [1.82, 2.24) is 0 Å². The quantitative estimate of drug-likeness (QED) is 0.360. The zero-order valence-corrected chi connectivity index (χ0v) is 18.5. The first-order valence-electron chi connectivity index (χ1n) is 9.08. The molecule has 0 aromatic heterocycles. The number of benzene rings is 3. The molecule has 0 aliphatic carbocycles. The number of carbonyl (C=O) groups is 2. The van der Waals surface area contributed by atoms with Crippen LogP contribution in [0.15, 0.2) is 71.6 Å². The minimum Gasteiger partial charge on any atom is -0.325 e. The van der Waals surface area contributed by atoms with Crippen molar-refractivity contribution in [2.75, 3.05) is 16.4 Å². The van der Waals surface area contributed by atoms with E-state index in [1.807, 2.05) is 0 Å². The van der Waals surface area contributed by atoms with Crippen LogP contribution >= 0.6 is 35.0 Å². The molecule has 0 aliphatic rings. The molecule has 0 saturated heterocycles. The predicted molar refractivity (Wildman–Crippen MR) is 122 cm³/mol. The molecule has 3 rings (SSSR count). The zero-order valence-electron chi connectivity index (χ0n) is 16.2. The van der Waals surface area contributed by atoms with Crippen molar-refractivity contribution < 1.29 is 22.8 Å². The third-order valence-electron chi connectivity index (χ3n) is 4.13. The molecule has 3 aromatic carbocycles. The van der Waals surface area contributed by atoms with E-state index in [1.54, 1.807) is 48.5 Å². The van der Waals surface area contributed by atoms with Gasteiger partial charge in [0.15, 0.2) is 0 Å². The van der Waals surface area contributed by atoms with E-state index in [4.69, 9.17) is 23.2 Å². The number of anilines is 2. The van der Waals surface area contributed by atoms with E-state index in [1.165, 1.54) is 6.07 Å². The van der Waals surface area contributed by atoms with Crippen molar-refractivity contribution >= 4 is 58.2 Å². The van der Waals surface area contributed by atoms with Gasteiger partial charge in [0.2, 0.25) is 5.91 Å². The molecule has 2 N–H and O–H groups in total. The maximum atomic E-state index is 13.1. The van der Waals surface area contributed by atoms with Gasteiger partial charge in [0.1, 0.15) is 0 Å². The SMILES string of the molecule is O=C(CSc1ccc(NC(=O)c2cccc(Cl)c2)cc1)Nc1ccc(Cl)cc1C(F)(F)F. The van der Waals surface area contributed by atoms with Gasteiger partial charge in [0.25, 0.3) is 5.91 Å². The Bertz CT molecular complexity index is 1140. The molecule has 0 atom stereocenters. The number of amides is 2. The van der Waals surface area contributed by atoms with Gasteiger partial charge in [-0.15, -0.1) is 11.8 Å². The van der Waals surface area contributed by atoms with E-state index in [-0.39, 0.29) is 22.4 Å². The molecule has 2 amide bonds. The maximum absolute atomic E-state index is 13.1. The third-order valence-corrected chi connectivity index (χ3v) is 5.61. The molecule has 10 heteroatoms. The number of thioether (sulfide) groups is 1. The first kappa shape index (κ1) is 24.0. The highest BCUT2D eigenvalue weighted by Gasteiger charge is 2.34. The highest BCUT2D eigenvalue weighted by atomic mass is 35.5. The van der Waals surface area contributed by atoms with Crippen LogP contribution in [0.2, 0.25) is 10.0 Å². The molecule has 3 aromatic rings. The fraction of sp³-hybridized carbons (Fsp3) is 0.0909. The van der Waals surface area contributed by atoms with Gasteiger partial charge >= 0.3 is 6.18 Å². The Balaban J connectivity index is 1.56. The molecule has 0 unspecified atom stereocenters. The molecular weight excluding hydrogens is 484 g/mol. The number of carbonyl (C=O) groups excluding carboxylic acids is 2. The molecule has 0 aliphatic heterocycles. The summed E-state index contributed by atoms with van der Waals surface area (Å²) in [5.41, 5.74) is -0.414. The van der Waals surface area contributed by atoms with Crippen LogP contribution in [0.4, 0.5) is 24.5 Å². The fourth-order valence-corrected chi connectivity index (χ4v) is 3.72. The highest BCUT2D eigenvalue weighted by Crippen LogP contribution is 2.36. The lowest BCUT2D eigenvalue weighted by Crippen LogP contribution is -2.18. The molecular formula is C22H15Cl2F3N2O2S. The van der Waals surface area contributed by atoms with Crippen LogP contribution in [0.5, 0.6) is 0 Å². The number of hydrogen-bond acceptors (Lipinski definition) is 3. The number of halogens is 5. The van der Waals surface area contributed by atoms with E-state index in [0.717, 1.165) is 23.9 Å². The lowest BCUT2D eigenvalue weighted by atomic mass is 10.1. The van der Waals surface area contributed by atoms with Gasteiger partial charge in [-0.2, -0.15) is 13.2 Å². The van der Waals surface area contributed by atoms with Crippen LogP contribution in [0.25, 0.3) is 0 Å². The molecule has 0 radical (unpaired) electrons. The monoisotopic (exact) mass is 498 g/mol. The Hall–Kier alpha value is -2.68. The summed E-state index contributed by atoms with van der Waals surface area (Å²) in [5, 5.41) is 5.37. The average molecular weight is 499 g/mol. The van der Waals surface area contributed by atoms with Crippen molar-refractivity contribution in [3.8, 4) is 0 Å². The Kier molecular flexibility index (Phi) is 7.71. The summed E-state index contributed by atoms with van der Waals surface area (Å²) >= 11 is 12.7. The normalized spacial score (nSPS) is 11.2. The second-order valence-electron chi connectivity index (χ2n) is 6.51. The van der Waals surface area contributed by atoms with E-state index in [9.17, 15) is 22.8 Å². The summed E-state index contributed by atoms with van der Waals surface area (Å²) in [4.78, 5) is 25.1. The Labute approximate surface area is 196 Å². The highest BCUT2D eigenvalue weighted by molar-refractivity contribution is 8.00. The van der Waals surface area contributed by atoms with Crippen molar-refractivity contribution in [2.45, 2.75) is 11.1 Å². The molecule has 32 heavy (non-hydrogen) atoms. The lowest BCUT2D eigenvalue weighted by Gasteiger charge is -2.14. The van der Waals surface area contributed by atoms with Crippen LogP contribution < -0.4 is 10.6 Å². The molecule has 0 spiro atoms. The van der Waals surface area contributed by atoms with Crippen molar-refractivity contribution in [3.05, 3.63) is 87.9 Å². The zero-order chi connectivity index (χ0) is 23.3. The van der Waals surface area contributed by atoms with Gasteiger partial charge in [-0.1, -0.05) is 29.3 Å². The topological polar surface area (TPSA) is 58.2 Å². The molecule has 4 nitrogen and oxygen atoms in total.